The van der Waals surface area contributed by atoms with Gasteiger partial charge in [0.05, 0.1) is 1.37 Å². The molecule has 7 heterocycles. The van der Waals surface area contributed by atoms with Gasteiger partial charge < -0.3 is 14.8 Å². The van der Waals surface area contributed by atoms with Gasteiger partial charge in [-0.25, -0.2) is 9.98 Å². The first-order valence-corrected chi connectivity index (χ1v) is 14.3. The van der Waals surface area contributed by atoms with Crippen LogP contribution in [-0.4, -0.2) is 92.2 Å². The third kappa shape index (κ3) is 4.02. The van der Waals surface area contributed by atoms with Crippen LogP contribution in [0.3, 0.4) is 0 Å². The molecule has 2 aromatic rings. The van der Waals surface area contributed by atoms with E-state index < -0.39 is 6.14 Å². The van der Waals surface area contributed by atoms with Crippen molar-refractivity contribution in [3.63, 3.8) is 0 Å². The van der Waals surface area contributed by atoms with Gasteiger partial charge in [-0.3, -0.25) is 14.6 Å². The van der Waals surface area contributed by atoms with Crippen LogP contribution in [0.1, 0.15) is 54.2 Å². The van der Waals surface area contributed by atoms with Crippen LogP contribution in [0, 0.1) is 5.92 Å². The number of hydrogen-bond acceptors (Lipinski definition) is 8. The summed E-state index contributed by atoms with van der Waals surface area (Å²) < 4.78 is 12.0. The number of hydrogen-bond donors (Lipinski definition) is 1. The zero-order chi connectivity index (χ0) is 28.0. The number of likely N-dealkylation sites (tertiary alicyclic amines) is 1. The molecule has 3 saturated heterocycles. The van der Waals surface area contributed by atoms with Crippen molar-refractivity contribution in [3.8, 4) is 11.5 Å². The number of carbonyl (C=O) groups is 1. The fraction of sp³-hybridized carbons (Fsp3) is 0.621. The Kier molecular flexibility index (Phi) is 5.45. The molecule has 5 aliphatic rings. The van der Waals surface area contributed by atoms with Crippen LogP contribution >= 0.6 is 0 Å². The first kappa shape index (κ1) is 23.7. The summed E-state index contributed by atoms with van der Waals surface area (Å²) in [6.07, 6.45) is 4.81. The summed E-state index contributed by atoms with van der Waals surface area (Å²) in [6.45, 7) is 10.5. The van der Waals surface area contributed by atoms with E-state index in [9.17, 15) is 6.17 Å². The van der Waals surface area contributed by atoms with Crippen LogP contribution in [0.4, 0.5) is 5.82 Å². The number of aliphatic imine (C=N–C) groups is 1. The van der Waals surface area contributed by atoms with Crippen molar-refractivity contribution in [2.24, 2.45) is 10.9 Å². The number of carbonyl (C=O) groups excluding carboxylic acids is 1. The average Bonchev–Trinajstić information content (AvgIpc) is 3.68. The second-order valence-corrected chi connectivity index (χ2v) is 12.6. The number of amidine groups is 1. The van der Waals surface area contributed by atoms with E-state index >= 15 is 0 Å². The number of piperazine rings is 1. The number of pyridine rings is 1. The molecule has 2 bridgehead atoms. The topological polar surface area (TPSA) is 94.8 Å². The number of nitrogens with one attached hydrogen (secondary N) is 1. The number of anilines is 1. The maximum atomic E-state index is 14.1. The molecule has 0 aromatic carbocycles. The molecule has 1 N–H and O–H groups in total. The summed E-state index contributed by atoms with van der Waals surface area (Å²) in [5, 5.41) is 12.6. The SMILES string of the molecule is [2H]C1(N2CC3CCC(C2)N3)N=C(N(C)C(C)C)C=C2C(=O)N(c3cccc(-c4nnc5n4C(C)(C)CC5)n3)CC21. The summed E-state index contributed by atoms with van der Waals surface area (Å²) >= 11 is 0. The van der Waals surface area contributed by atoms with Gasteiger partial charge >= 0.3 is 0 Å². The third-order valence-electron chi connectivity index (χ3n) is 9.27. The van der Waals surface area contributed by atoms with Crippen molar-refractivity contribution in [2.75, 3.05) is 31.6 Å². The van der Waals surface area contributed by atoms with Gasteiger partial charge in [-0.15, -0.1) is 10.2 Å². The first-order valence-electron chi connectivity index (χ1n) is 14.8. The van der Waals surface area contributed by atoms with Gasteiger partial charge in [-0.2, -0.15) is 0 Å². The van der Waals surface area contributed by atoms with E-state index in [0.717, 1.165) is 50.4 Å². The number of likely N-dealkylation sites (N-methyl/N-ethyl adjacent to an activating group) is 1. The molecule has 0 spiro atoms. The Balaban J connectivity index is 1.26. The number of fused-ring (bicyclic) bond motifs is 4. The Morgan fingerprint density at radius 3 is 2.67 bits per heavy atom. The molecular formula is C29H39N9O. The standard InChI is InChI=1S/C29H39N9O/c1-17(2)35(5)25-13-20-21(26(32-25)36-14-18-9-10-19(15-36)30-18)16-37(28(20)39)23-8-6-7-22(31-23)27-34-33-24-11-12-29(3,4)38(24)27/h6-8,13,17-19,21,26,30H,9-12,14-16H2,1-5H3/i26D. The molecule has 0 radical (unpaired) electrons. The van der Waals surface area contributed by atoms with Crippen molar-refractivity contribution in [1.29, 1.82) is 0 Å². The lowest BCUT2D eigenvalue weighted by Gasteiger charge is -2.41. The molecule has 10 heteroatoms. The maximum Gasteiger partial charge on any atom is 0.256 e. The minimum absolute atomic E-state index is 0.0845. The minimum Gasteiger partial charge on any atom is -0.357 e. The number of nitrogens with zero attached hydrogens (tertiary/aromatic N) is 8. The molecular weight excluding hydrogens is 490 g/mol. The third-order valence-corrected chi connectivity index (χ3v) is 9.27. The number of aromatic nitrogens is 4. The second kappa shape index (κ2) is 8.96. The van der Waals surface area contributed by atoms with Crippen molar-refractivity contribution in [2.45, 2.75) is 83.2 Å². The fourth-order valence-electron chi connectivity index (χ4n) is 6.84. The lowest BCUT2D eigenvalue weighted by atomic mass is 9.94. The Bertz CT molecular complexity index is 1420. The van der Waals surface area contributed by atoms with Gasteiger partial charge in [0.15, 0.2) is 5.82 Å². The number of dihydropyridines is 1. The smallest absolute Gasteiger partial charge is 0.256 e. The van der Waals surface area contributed by atoms with Crippen LogP contribution in [0.5, 0.6) is 0 Å². The molecule has 39 heavy (non-hydrogen) atoms. The predicted molar refractivity (Wildman–Crippen MR) is 150 cm³/mol. The Labute approximate surface area is 231 Å². The van der Waals surface area contributed by atoms with Gasteiger partial charge in [-0.1, -0.05) is 6.07 Å². The van der Waals surface area contributed by atoms with E-state index in [1.54, 1.807) is 4.90 Å². The van der Waals surface area contributed by atoms with Crippen LogP contribution in [-0.2, 0) is 16.8 Å². The molecule has 4 atom stereocenters. The number of amides is 1. The van der Waals surface area contributed by atoms with Gasteiger partial charge in [-0.05, 0) is 65.2 Å². The van der Waals surface area contributed by atoms with Gasteiger partial charge in [0.1, 0.15) is 29.3 Å². The van der Waals surface area contributed by atoms with E-state index in [1.165, 1.54) is 0 Å². The first-order chi connectivity index (χ1) is 19.0. The minimum atomic E-state index is -1.26. The van der Waals surface area contributed by atoms with Crippen LogP contribution in [0.25, 0.3) is 11.5 Å². The fourth-order valence-corrected chi connectivity index (χ4v) is 6.84. The summed E-state index contributed by atoms with van der Waals surface area (Å²) in [4.78, 5) is 30.1. The van der Waals surface area contributed by atoms with Crippen LogP contribution < -0.4 is 10.2 Å². The molecule has 7 rings (SSSR count). The summed E-state index contributed by atoms with van der Waals surface area (Å²) in [5.41, 5.74) is 1.27. The molecule has 2 aromatic heterocycles. The molecule has 5 aliphatic heterocycles. The average molecular weight is 531 g/mol. The number of rotatable bonds is 4. The van der Waals surface area contributed by atoms with Crippen molar-refractivity contribution >= 4 is 17.6 Å². The van der Waals surface area contributed by atoms with Crippen molar-refractivity contribution < 1.29 is 6.17 Å². The molecule has 0 saturated carbocycles. The van der Waals surface area contributed by atoms with Crippen LogP contribution in [0.2, 0.25) is 0 Å². The monoisotopic (exact) mass is 530 g/mol. The molecule has 1 amide bonds. The highest BCUT2D eigenvalue weighted by Crippen LogP contribution is 2.39. The maximum absolute atomic E-state index is 14.1. The van der Waals surface area contributed by atoms with E-state index in [2.05, 4.69) is 57.6 Å². The van der Waals surface area contributed by atoms with Gasteiger partial charge in [0, 0.05) is 68.3 Å². The Hall–Kier alpha value is -3.11. The van der Waals surface area contributed by atoms with Crippen LogP contribution in [0.15, 0.2) is 34.8 Å². The van der Waals surface area contributed by atoms with Crippen molar-refractivity contribution in [1.82, 2.24) is 34.9 Å². The van der Waals surface area contributed by atoms with Crippen molar-refractivity contribution in [3.05, 3.63) is 35.7 Å². The highest BCUT2D eigenvalue weighted by molar-refractivity contribution is 6.13. The Morgan fingerprint density at radius 1 is 1.15 bits per heavy atom. The zero-order valence-corrected chi connectivity index (χ0v) is 23.6. The van der Waals surface area contributed by atoms with E-state index in [1.807, 2.05) is 31.3 Å². The lowest BCUT2D eigenvalue weighted by Crippen LogP contribution is -2.57. The summed E-state index contributed by atoms with van der Waals surface area (Å²) in [7, 11) is 1.99. The largest absolute Gasteiger partial charge is 0.357 e. The molecule has 206 valence electrons. The van der Waals surface area contributed by atoms with E-state index in [-0.39, 0.29) is 23.4 Å². The molecule has 3 fully saturated rings. The quantitative estimate of drug-likeness (QED) is 0.649. The summed E-state index contributed by atoms with van der Waals surface area (Å²) in [6, 6.07) is 6.68. The van der Waals surface area contributed by atoms with Gasteiger partial charge in [0.25, 0.3) is 5.91 Å². The lowest BCUT2D eigenvalue weighted by molar-refractivity contribution is -0.114. The Morgan fingerprint density at radius 2 is 1.92 bits per heavy atom. The highest BCUT2D eigenvalue weighted by atomic mass is 16.2. The summed E-state index contributed by atoms with van der Waals surface area (Å²) in [5.74, 6) is 2.51. The highest BCUT2D eigenvalue weighted by Gasteiger charge is 2.47. The molecule has 0 aliphatic carbocycles. The number of aryl methyl sites for hydroxylation is 1. The van der Waals surface area contributed by atoms with E-state index in [0.29, 0.717) is 41.5 Å². The zero-order valence-electron chi connectivity index (χ0n) is 24.6. The van der Waals surface area contributed by atoms with E-state index in [4.69, 9.17) is 9.98 Å². The second-order valence-electron chi connectivity index (χ2n) is 12.6. The predicted octanol–water partition coefficient (Wildman–Crippen LogP) is 2.43. The molecule has 4 unspecified atom stereocenters. The van der Waals surface area contributed by atoms with Gasteiger partial charge in [0.2, 0.25) is 0 Å². The molecule has 10 nitrogen and oxygen atoms in total. The normalized spacial score (nSPS) is 31.7.